The standard InChI is InChI=1S/C15H19N3OS/c1-18(2)10-13-11-20-15(16-13)17-14(19)9-8-12-6-4-3-5-7-12/h3-7,11H,8-10H2,1-2H3,(H,16,17,19). The number of hydrogen-bond donors (Lipinski definition) is 1. The molecule has 5 heteroatoms. The van der Waals surface area contributed by atoms with Gasteiger partial charge in [-0.2, -0.15) is 0 Å². The van der Waals surface area contributed by atoms with E-state index in [1.807, 2.05) is 49.8 Å². The fourth-order valence-electron chi connectivity index (χ4n) is 1.85. The predicted molar refractivity (Wildman–Crippen MR) is 82.9 cm³/mol. The molecule has 2 rings (SSSR count). The fraction of sp³-hybridized carbons (Fsp3) is 0.333. The van der Waals surface area contributed by atoms with Crippen LogP contribution in [-0.2, 0) is 17.8 Å². The van der Waals surface area contributed by atoms with E-state index in [9.17, 15) is 4.79 Å². The highest BCUT2D eigenvalue weighted by Gasteiger charge is 2.07. The van der Waals surface area contributed by atoms with Crippen molar-refractivity contribution in [3.63, 3.8) is 0 Å². The number of thiazole rings is 1. The molecule has 0 saturated heterocycles. The number of nitrogens with zero attached hydrogens (tertiary/aromatic N) is 2. The number of aromatic nitrogens is 1. The molecule has 0 bridgehead atoms. The first-order chi connectivity index (χ1) is 9.63. The normalized spacial score (nSPS) is 10.8. The van der Waals surface area contributed by atoms with Crippen molar-refractivity contribution in [2.75, 3.05) is 19.4 Å². The Morgan fingerprint density at radius 3 is 2.75 bits per heavy atom. The number of anilines is 1. The van der Waals surface area contributed by atoms with E-state index in [1.54, 1.807) is 0 Å². The molecule has 1 aromatic carbocycles. The molecule has 0 saturated carbocycles. The second-order valence-electron chi connectivity index (χ2n) is 4.92. The van der Waals surface area contributed by atoms with E-state index in [4.69, 9.17) is 0 Å². The van der Waals surface area contributed by atoms with E-state index in [0.717, 1.165) is 18.7 Å². The Kier molecular flexibility index (Phi) is 5.26. The van der Waals surface area contributed by atoms with Crippen LogP contribution >= 0.6 is 11.3 Å². The van der Waals surface area contributed by atoms with Crippen LogP contribution in [0, 0.1) is 0 Å². The molecule has 1 amide bonds. The Hall–Kier alpha value is -1.72. The Morgan fingerprint density at radius 1 is 1.30 bits per heavy atom. The first-order valence-electron chi connectivity index (χ1n) is 6.56. The minimum absolute atomic E-state index is 0.0135. The quantitative estimate of drug-likeness (QED) is 0.889. The maximum Gasteiger partial charge on any atom is 0.226 e. The number of benzene rings is 1. The third-order valence-electron chi connectivity index (χ3n) is 2.76. The Morgan fingerprint density at radius 2 is 2.05 bits per heavy atom. The van der Waals surface area contributed by atoms with Crippen molar-refractivity contribution >= 4 is 22.4 Å². The third-order valence-corrected chi connectivity index (χ3v) is 3.57. The zero-order chi connectivity index (χ0) is 14.4. The van der Waals surface area contributed by atoms with Crippen molar-refractivity contribution < 1.29 is 4.79 Å². The molecule has 0 aliphatic carbocycles. The first kappa shape index (κ1) is 14.7. The smallest absolute Gasteiger partial charge is 0.226 e. The summed E-state index contributed by atoms with van der Waals surface area (Å²) in [5.41, 5.74) is 2.16. The number of aryl methyl sites for hydroxylation is 1. The zero-order valence-electron chi connectivity index (χ0n) is 11.8. The van der Waals surface area contributed by atoms with E-state index in [-0.39, 0.29) is 5.91 Å². The van der Waals surface area contributed by atoms with Gasteiger partial charge in [0.25, 0.3) is 0 Å². The predicted octanol–water partition coefficient (Wildman–Crippen LogP) is 2.78. The maximum absolute atomic E-state index is 11.9. The average molecular weight is 289 g/mol. The van der Waals surface area contributed by atoms with Crippen LogP contribution in [0.1, 0.15) is 17.7 Å². The highest BCUT2D eigenvalue weighted by Crippen LogP contribution is 2.16. The molecule has 0 unspecified atom stereocenters. The summed E-state index contributed by atoms with van der Waals surface area (Å²) in [6.07, 6.45) is 1.23. The molecule has 20 heavy (non-hydrogen) atoms. The second-order valence-corrected chi connectivity index (χ2v) is 5.77. The van der Waals surface area contributed by atoms with Gasteiger partial charge in [-0.25, -0.2) is 4.98 Å². The van der Waals surface area contributed by atoms with Crippen LogP contribution in [0.4, 0.5) is 5.13 Å². The van der Waals surface area contributed by atoms with Gasteiger partial charge < -0.3 is 10.2 Å². The topological polar surface area (TPSA) is 45.2 Å². The van der Waals surface area contributed by atoms with E-state index < -0.39 is 0 Å². The van der Waals surface area contributed by atoms with Gasteiger partial charge in [-0.3, -0.25) is 4.79 Å². The molecule has 1 aromatic heterocycles. The third kappa shape index (κ3) is 4.75. The van der Waals surface area contributed by atoms with Gasteiger partial charge in [0.05, 0.1) is 5.69 Å². The lowest BCUT2D eigenvalue weighted by molar-refractivity contribution is -0.116. The minimum Gasteiger partial charge on any atom is -0.304 e. The molecule has 0 spiro atoms. The lowest BCUT2D eigenvalue weighted by Crippen LogP contribution is -2.13. The van der Waals surface area contributed by atoms with Crippen LogP contribution in [0.5, 0.6) is 0 Å². The molecule has 1 N–H and O–H groups in total. The van der Waals surface area contributed by atoms with E-state index in [0.29, 0.717) is 11.6 Å². The Balaban J connectivity index is 1.81. The van der Waals surface area contributed by atoms with Gasteiger partial charge in [-0.1, -0.05) is 30.3 Å². The van der Waals surface area contributed by atoms with Crippen molar-refractivity contribution in [2.24, 2.45) is 0 Å². The van der Waals surface area contributed by atoms with Gasteiger partial charge in [0, 0.05) is 18.3 Å². The Bertz CT molecular complexity index is 551. The van der Waals surface area contributed by atoms with Gasteiger partial charge >= 0.3 is 0 Å². The number of amides is 1. The van der Waals surface area contributed by atoms with Gasteiger partial charge in [0.15, 0.2) is 5.13 Å². The van der Waals surface area contributed by atoms with Crippen LogP contribution < -0.4 is 5.32 Å². The van der Waals surface area contributed by atoms with Crippen LogP contribution in [0.25, 0.3) is 0 Å². The molecule has 1 heterocycles. The second kappa shape index (κ2) is 7.17. The molecule has 0 aliphatic rings. The molecule has 0 fully saturated rings. The largest absolute Gasteiger partial charge is 0.304 e. The fourth-order valence-corrected chi connectivity index (χ4v) is 2.56. The molecule has 4 nitrogen and oxygen atoms in total. The van der Waals surface area contributed by atoms with E-state index in [2.05, 4.69) is 15.2 Å². The number of carbonyl (C=O) groups is 1. The summed E-state index contributed by atoms with van der Waals surface area (Å²) in [6.45, 7) is 0.788. The van der Waals surface area contributed by atoms with Crippen molar-refractivity contribution in [3.8, 4) is 0 Å². The molecule has 106 valence electrons. The lowest BCUT2D eigenvalue weighted by Gasteiger charge is -2.05. The summed E-state index contributed by atoms with van der Waals surface area (Å²) in [6, 6.07) is 10.0. The summed E-state index contributed by atoms with van der Waals surface area (Å²) in [5.74, 6) is 0.0135. The van der Waals surface area contributed by atoms with Gasteiger partial charge in [-0.05, 0) is 26.1 Å². The molecule has 0 radical (unpaired) electrons. The van der Waals surface area contributed by atoms with Crippen molar-refractivity contribution in [2.45, 2.75) is 19.4 Å². The Labute approximate surface area is 123 Å². The van der Waals surface area contributed by atoms with Crippen LogP contribution in [0.2, 0.25) is 0 Å². The molecular weight excluding hydrogens is 270 g/mol. The van der Waals surface area contributed by atoms with Crippen LogP contribution in [0.15, 0.2) is 35.7 Å². The molecule has 2 aromatic rings. The summed E-state index contributed by atoms with van der Waals surface area (Å²) in [5, 5.41) is 5.52. The summed E-state index contributed by atoms with van der Waals surface area (Å²) in [4.78, 5) is 18.3. The number of rotatable bonds is 6. The molecule has 0 atom stereocenters. The highest BCUT2D eigenvalue weighted by atomic mass is 32.1. The summed E-state index contributed by atoms with van der Waals surface area (Å²) < 4.78 is 0. The summed E-state index contributed by atoms with van der Waals surface area (Å²) in [7, 11) is 3.99. The van der Waals surface area contributed by atoms with Gasteiger partial charge in [0.2, 0.25) is 5.91 Å². The zero-order valence-corrected chi connectivity index (χ0v) is 12.6. The molecular formula is C15H19N3OS. The summed E-state index contributed by atoms with van der Waals surface area (Å²) >= 11 is 1.47. The van der Waals surface area contributed by atoms with Crippen LogP contribution in [0.3, 0.4) is 0 Å². The van der Waals surface area contributed by atoms with Crippen molar-refractivity contribution in [1.82, 2.24) is 9.88 Å². The van der Waals surface area contributed by atoms with Crippen molar-refractivity contribution in [3.05, 3.63) is 47.0 Å². The first-order valence-corrected chi connectivity index (χ1v) is 7.44. The van der Waals surface area contributed by atoms with E-state index in [1.165, 1.54) is 16.9 Å². The molecule has 0 aliphatic heterocycles. The SMILES string of the molecule is CN(C)Cc1csc(NC(=O)CCc2ccccc2)n1. The number of nitrogens with one attached hydrogen (secondary N) is 1. The van der Waals surface area contributed by atoms with E-state index >= 15 is 0 Å². The van der Waals surface area contributed by atoms with Gasteiger partial charge in [0.1, 0.15) is 0 Å². The monoisotopic (exact) mass is 289 g/mol. The van der Waals surface area contributed by atoms with Gasteiger partial charge in [-0.15, -0.1) is 11.3 Å². The minimum atomic E-state index is 0.0135. The lowest BCUT2D eigenvalue weighted by atomic mass is 10.1. The number of hydrogen-bond acceptors (Lipinski definition) is 4. The average Bonchev–Trinajstić information content (AvgIpc) is 2.84. The van der Waals surface area contributed by atoms with Crippen molar-refractivity contribution in [1.29, 1.82) is 0 Å². The van der Waals surface area contributed by atoms with Crippen LogP contribution in [-0.4, -0.2) is 29.9 Å². The maximum atomic E-state index is 11.9. The number of carbonyl (C=O) groups excluding carboxylic acids is 1. The highest BCUT2D eigenvalue weighted by molar-refractivity contribution is 7.13.